The lowest BCUT2D eigenvalue weighted by atomic mass is 9.34. The topological polar surface area (TPSA) is 95.4 Å². The summed E-state index contributed by atoms with van der Waals surface area (Å²) in [6.07, 6.45) is 14.1. The lowest BCUT2D eigenvalue weighted by molar-refractivity contribution is -0.192. The number of carbonyl (C=O) groups is 2. The van der Waals surface area contributed by atoms with Crippen molar-refractivity contribution in [3.05, 3.63) is 11.6 Å². The molecule has 0 bridgehead atoms. The van der Waals surface area contributed by atoms with Crippen molar-refractivity contribution in [2.45, 2.75) is 139 Å². The minimum atomic E-state index is 0.0322. The van der Waals surface area contributed by atoms with Crippen LogP contribution in [0.2, 0.25) is 0 Å². The smallest absolute Gasteiger partial charge is 0.293 e. The van der Waals surface area contributed by atoms with Crippen molar-refractivity contribution >= 4 is 33.3 Å². The third-order valence-electron chi connectivity index (χ3n) is 12.6. The SMILES string of the molecule is CC.CC.CC1CCCC2(C)CCC3(C)C(=CCC4C5(C)CCC(OC=O)C(C)C5C(N)CC43C)C12.CP.NSC=O. The molecule has 12 atom stereocenters. The summed E-state index contributed by atoms with van der Waals surface area (Å²) in [5.41, 5.74) is 10.7. The van der Waals surface area contributed by atoms with E-state index < -0.39 is 0 Å². The second-order valence-electron chi connectivity index (χ2n) is 14.0. The summed E-state index contributed by atoms with van der Waals surface area (Å²) in [4.78, 5) is 20.1. The second-order valence-corrected chi connectivity index (χ2v) is 14.5. The first-order valence-electron chi connectivity index (χ1n) is 16.9. The van der Waals surface area contributed by atoms with Gasteiger partial charge in [0.05, 0.1) is 0 Å². The highest BCUT2D eigenvalue weighted by Crippen LogP contribution is 2.74. The lowest BCUT2D eigenvalue weighted by Crippen LogP contribution is -2.67. The maximum atomic E-state index is 11.1. The molecule has 0 aromatic heterocycles. The van der Waals surface area contributed by atoms with Crippen LogP contribution in [0.4, 0.5) is 0 Å². The number of hydrogen-bond acceptors (Lipinski definition) is 6. The van der Waals surface area contributed by atoms with E-state index in [1.165, 1.54) is 38.5 Å². The number of carbonyl (C=O) groups excluding carboxylic acids is 2. The van der Waals surface area contributed by atoms with Crippen LogP contribution in [0.5, 0.6) is 0 Å². The van der Waals surface area contributed by atoms with E-state index in [1.807, 2.05) is 39.9 Å². The fourth-order valence-electron chi connectivity index (χ4n) is 10.9. The van der Waals surface area contributed by atoms with E-state index in [4.69, 9.17) is 15.3 Å². The molecule has 246 valence electrons. The summed E-state index contributed by atoms with van der Waals surface area (Å²) in [6.45, 7) is 25.8. The first kappa shape index (κ1) is 39.6. The van der Waals surface area contributed by atoms with Crippen molar-refractivity contribution in [3.63, 3.8) is 0 Å². The van der Waals surface area contributed by atoms with Crippen LogP contribution >= 0.6 is 21.2 Å². The first-order valence-corrected chi connectivity index (χ1v) is 19.0. The van der Waals surface area contributed by atoms with Gasteiger partial charge in [-0.2, -0.15) is 0 Å². The van der Waals surface area contributed by atoms with Crippen molar-refractivity contribution in [2.75, 3.05) is 6.66 Å². The Labute approximate surface area is 266 Å². The number of ether oxygens (including phenoxy) is 1. The molecule has 0 heterocycles. The molecule has 12 unspecified atom stereocenters. The molecule has 0 aromatic carbocycles. The molecule has 4 fully saturated rings. The molecule has 5 aliphatic carbocycles. The van der Waals surface area contributed by atoms with E-state index in [-0.39, 0.29) is 28.4 Å². The van der Waals surface area contributed by atoms with Crippen molar-refractivity contribution in [2.24, 2.45) is 62.1 Å². The Hall–Kier alpha value is -0.420. The molecule has 4 N–H and O–H groups in total. The molecular weight excluding hydrogens is 559 g/mol. The van der Waals surface area contributed by atoms with Crippen LogP contribution in [-0.4, -0.2) is 30.9 Å². The highest BCUT2D eigenvalue weighted by molar-refractivity contribution is 8.09. The van der Waals surface area contributed by atoms with Gasteiger partial charge in [0.2, 0.25) is 0 Å². The maximum absolute atomic E-state index is 11.1. The molecule has 4 saturated carbocycles. The number of hydrogen-bond donors (Lipinski definition) is 2. The molecule has 0 aliphatic heterocycles. The van der Waals surface area contributed by atoms with Gasteiger partial charge in [0.15, 0.2) is 5.62 Å². The minimum absolute atomic E-state index is 0.0322. The third kappa shape index (κ3) is 6.87. The van der Waals surface area contributed by atoms with Gasteiger partial charge in [0, 0.05) is 6.04 Å². The molecule has 5 rings (SSSR count). The Bertz CT molecular complexity index is 888. The summed E-state index contributed by atoms with van der Waals surface area (Å²) >= 11 is 0.676. The van der Waals surface area contributed by atoms with E-state index in [0.717, 1.165) is 31.1 Å². The average Bonchev–Trinajstić information content (AvgIpc) is 2.98. The predicted octanol–water partition coefficient (Wildman–Crippen LogP) is 8.83. The first-order chi connectivity index (χ1) is 19.9. The summed E-state index contributed by atoms with van der Waals surface area (Å²) in [6, 6.07) is 0.183. The second kappa shape index (κ2) is 16.8. The van der Waals surface area contributed by atoms with E-state index in [1.54, 1.807) is 0 Å². The van der Waals surface area contributed by atoms with Gasteiger partial charge in [-0.1, -0.05) is 100 Å². The molecule has 0 amide bonds. The van der Waals surface area contributed by atoms with Crippen molar-refractivity contribution in [1.82, 2.24) is 0 Å². The molecule has 7 heteroatoms. The molecular formula is C35H67N2O3PS. The van der Waals surface area contributed by atoms with E-state index in [9.17, 15) is 4.79 Å². The van der Waals surface area contributed by atoms with Crippen LogP contribution < -0.4 is 10.9 Å². The minimum Gasteiger partial charge on any atom is -0.464 e. The zero-order valence-corrected chi connectivity index (χ0v) is 31.0. The Morgan fingerprint density at radius 1 is 0.976 bits per heavy atom. The predicted molar refractivity (Wildman–Crippen MR) is 187 cm³/mol. The van der Waals surface area contributed by atoms with Gasteiger partial charge in [0.1, 0.15) is 6.10 Å². The zero-order valence-electron chi connectivity index (χ0n) is 29.0. The fraction of sp³-hybridized carbons (Fsp3) is 0.886. The zero-order chi connectivity index (χ0) is 32.5. The van der Waals surface area contributed by atoms with Crippen LogP contribution in [-0.2, 0) is 14.3 Å². The van der Waals surface area contributed by atoms with Crippen molar-refractivity contribution in [3.8, 4) is 0 Å². The standard InChI is InChI=1S/C29H47NO2.2C2H6.CH3NOS.CH5P/c1-18-8-7-12-26(3)14-15-28(5)20(24(18)26)9-10-23-27(4)13-11-22(32-17-31)19(2)25(27)21(30)16-29(23,28)6;2*1-2;2-4-1-3;1-2/h9,17-19,21-25H,7-8,10-16,30H2,1-6H3;2*1-2H3;1H,2H2;2H2,1H3. The largest absolute Gasteiger partial charge is 0.464 e. The lowest BCUT2D eigenvalue weighted by Gasteiger charge is -2.71. The monoisotopic (exact) mass is 626 g/mol. The highest BCUT2D eigenvalue weighted by atomic mass is 32.2. The van der Waals surface area contributed by atoms with Gasteiger partial charge in [-0.25, -0.2) is 0 Å². The number of fused-ring (bicyclic) bond motifs is 7. The van der Waals surface area contributed by atoms with Crippen molar-refractivity contribution in [1.29, 1.82) is 0 Å². The number of nitrogens with two attached hydrogens (primary N) is 2. The third-order valence-corrected chi connectivity index (χ3v) is 12.7. The van der Waals surface area contributed by atoms with Gasteiger partial charge in [-0.05, 0) is 108 Å². The Kier molecular flexibility index (Phi) is 15.8. The van der Waals surface area contributed by atoms with Crippen LogP contribution in [0, 0.1) is 51.2 Å². The van der Waals surface area contributed by atoms with E-state index in [2.05, 4.69) is 62.0 Å². The summed E-state index contributed by atoms with van der Waals surface area (Å²) in [7, 11) is 2.42. The normalized spacial score (nSPS) is 44.6. The fourth-order valence-corrected chi connectivity index (χ4v) is 10.9. The molecule has 0 saturated heterocycles. The van der Waals surface area contributed by atoms with E-state index in [0.29, 0.717) is 47.2 Å². The van der Waals surface area contributed by atoms with E-state index >= 15 is 0 Å². The van der Waals surface area contributed by atoms with Crippen molar-refractivity contribution < 1.29 is 14.3 Å². The molecule has 5 nitrogen and oxygen atoms in total. The molecule has 0 spiro atoms. The average molecular weight is 627 g/mol. The van der Waals surface area contributed by atoms with Gasteiger partial charge < -0.3 is 10.5 Å². The van der Waals surface area contributed by atoms with Gasteiger partial charge in [-0.3, -0.25) is 14.7 Å². The molecule has 0 radical (unpaired) electrons. The van der Waals surface area contributed by atoms with Gasteiger partial charge in [0.25, 0.3) is 6.47 Å². The summed E-state index contributed by atoms with van der Waals surface area (Å²) in [5.74, 6) is 2.99. The Balaban J connectivity index is 0.000000788. The number of rotatable bonds is 3. The van der Waals surface area contributed by atoms with Crippen LogP contribution in [0.3, 0.4) is 0 Å². The van der Waals surface area contributed by atoms with Crippen LogP contribution in [0.1, 0.15) is 127 Å². The van der Waals surface area contributed by atoms with Crippen LogP contribution in [0.25, 0.3) is 0 Å². The summed E-state index contributed by atoms with van der Waals surface area (Å²) in [5, 5.41) is 4.58. The number of allylic oxidation sites excluding steroid dienone is 2. The highest BCUT2D eigenvalue weighted by Gasteiger charge is 2.68. The molecule has 0 aromatic rings. The Morgan fingerprint density at radius 3 is 2.12 bits per heavy atom. The van der Waals surface area contributed by atoms with Crippen LogP contribution in [0.15, 0.2) is 11.6 Å². The van der Waals surface area contributed by atoms with Gasteiger partial charge >= 0.3 is 0 Å². The quantitative estimate of drug-likeness (QED) is 0.141. The summed E-state index contributed by atoms with van der Waals surface area (Å²) < 4.78 is 5.54. The Morgan fingerprint density at radius 2 is 1.57 bits per heavy atom. The maximum Gasteiger partial charge on any atom is 0.293 e. The molecule has 5 aliphatic rings. The van der Waals surface area contributed by atoms with Gasteiger partial charge in [-0.15, -0.1) is 9.24 Å². The molecule has 42 heavy (non-hydrogen) atoms.